The van der Waals surface area contributed by atoms with E-state index in [2.05, 4.69) is 55.3 Å². The summed E-state index contributed by atoms with van der Waals surface area (Å²) >= 11 is 0. The average Bonchev–Trinajstić information content (AvgIpc) is 2.40. The maximum absolute atomic E-state index is 3.56. The van der Waals surface area contributed by atoms with Gasteiger partial charge >= 0.3 is 0 Å². The second kappa shape index (κ2) is 6.24. The first kappa shape index (κ1) is 13.4. The van der Waals surface area contributed by atoms with Gasteiger partial charge in [-0.3, -0.25) is 0 Å². The fourth-order valence-electron chi connectivity index (χ4n) is 2.71. The summed E-state index contributed by atoms with van der Waals surface area (Å²) in [7, 11) is 0. The zero-order valence-electron chi connectivity index (χ0n) is 11.9. The Morgan fingerprint density at radius 2 is 2.00 bits per heavy atom. The highest BCUT2D eigenvalue weighted by atomic mass is 15.1. The van der Waals surface area contributed by atoms with Crippen LogP contribution in [0.5, 0.6) is 0 Å². The molecule has 0 amide bonds. The van der Waals surface area contributed by atoms with E-state index in [-0.39, 0.29) is 0 Å². The first-order valence-corrected chi connectivity index (χ1v) is 7.29. The summed E-state index contributed by atoms with van der Waals surface area (Å²) in [5.74, 6) is 0.615. The molecular weight excluding hydrogens is 220 g/mol. The predicted molar refractivity (Wildman–Crippen MR) is 79.4 cm³/mol. The topological polar surface area (TPSA) is 15.3 Å². The van der Waals surface area contributed by atoms with Gasteiger partial charge in [0.15, 0.2) is 0 Å². The maximum atomic E-state index is 3.56. The zero-order valence-corrected chi connectivity index (χ0v) is 11.9. The van der Waals surface area contributed by atoms with E-state index in [4.69, 9.17) is 0 Å². The fraction of sp³-hybridized carbons (Fsp3) is 0.625. The number of rotatable bonds is 4. The van der Waals surface area contributed by atoms with Crippen LogP contribution in [-0.4, -0.2) is 25.7 Å². The lowest BCUT2D eigenvalue weighted by Gasteiger charge is -2.34. The van der Waals surface area contributed by atoms with Gasteiger partial charge in [-0.25, -0.2) is 0 Å². The summed E-state index contributed by atoms with van der Waals surface area (Å²) in [6.07, 6.45) is 2.53. The highest BCUT2D eigenvalue weighted by Crippen LogP contribution is 2.24. The molecule has 0 bridgehead atoms. The molecule has 2 rings (SSSR count). The number of nitrogens with zero attached hydrogens (tertiary/aromatic N) is 1. The molecule has 1 aliphatic rings. The third-order valence-corrected chi connectivity index (χ3v) is 3.89. The Morgan fingerprint density at radius 3 is 2.61 bits per heavy atom. The second-order valence-electron chi connectivity index (χ2n) is 5.57. The molecule has 0 unspecified atom stereocenters. The zero-order chi connectivity index (χ0) is 13.0. The number of anilines is 1. The molecule has 1 aromatic rings. The summed E-state index contributed by atoms with van der Waals surface area (Å²) in [4.78, 5) is 2.53. The fourth-order valence-corrected chi connectivity index (χ4v) is 2.71. The molecule has 1 aliphatic heterocycles. The maximum Gasteiger partial charge on any atom is 0.0369 e. The Kier molecular flexibility index (Phi) is 4.65. The van der Waals surface area contributed by atoms with Crippen LogP contribution >= 0.6 is 0 Å². The molecule has 0 aliphatic carbocycles. The first-order valence-electron chi connectivity index (χ1n) is 7.29. The van der Waals surface area contributed by atoms with Crippen molar-refractivity contribution in [3.63, 3.8) is 0 Å². The normalized spacial score (nSPS) is 17.4. The minimum Gasteiger partial charge on any atom is -0.371 e. The lowest BCUT2D eigenvalue weighted by Crippen LogP contribution is -2.42. The molecule has 0 spiro atoms. The molecule has 2 heteroatoms. The van der Waals surface area contributed by atoms with E-state index < -0.39 is 0 Å². The van der Waals surface area contributed by atoms with Crippen molar-refractivity contribution in [3.8, 4) is 0 Å². The second-order valence-corrected chi connectivity index (χ2v) is 5.57. The van der Waals surface area contributed by atoms with Crippen LogP contribution in [0.4, 0.5) is 5.69 Å². The molecule has 1 heterocycles. The number of hydrogen-bond donors (Lipinski definition) is 1. The van der Waals surface area contributed by atoms with Crippen LogP contribution in [0.2, 0.25) is 0 Å². The third kappa shape index (κ3) is 3.26. The van der Waals surface area contributed by atoms with Gasteiger partial charge in [-0.15, -0.1) is 0 Å². The Morgan fingerprint density at radius 1 is 1.28 bits per heavy atom. The van der Waals surface area contributed by atoms with Crippen molar-refractivity contribution < 1.29 is 0 Å². The molecule has 100 valence electrons. The van der Waals surface area contributed by atoms with E-state index in [1.165, 1.54) is 37.2 Å². The quantitative estimate of drug-likeness (QED) is 0.876. The first-order chi connectivity index (χ1) is 8.70. The van der Waals surface area contributed by atoms with Crippen molar-refractivity contribution in [2.24, 2.45) is 0 Å². The van der Waals surface area contributed by atoms with Gasteiger partial charge in [0, 0.05) is 24.8 Å². The van der Waals surface area contributed by atoms with Gasteiger partial charge in [0.1, 0.15) is 0 Å². The number of benzene rings is 1. The molecular formula is C16H26N2. The van der Waals surface area contributed by atoms with Crippen LogP contribution in [0.1, 0.15) is 45.1 Å². The molecule has 0 atom stereocenters. The van der Waals surface area contributed by atoms with Crippen molar-refractivity contribution in [1.82, 2.24) is 5.32 Å². The van der Waals surface area contributed by atoms with Gasteiger partial charge < -0.3 is 10.2 Å². The van der Waals surface area contributed by atoms with Crippen molar-refractivity contribution in [1.29, 1.82) is 0 Å². The molecule has 2 nitrogen and oxygen atoms in total. The van der Waals surface area contributed by atoms with Gasteiger partial charge in [0.05, 0.1) is 0 Å². The number of nitrogens with one attached hydrogen (secondary N) is 1. The van der Waals surface area contributed by atoms with Crippen LogP contribution in [0.3, 0.4) is 0 Å². The van der Waals surface area contributed by atoms with Crippen molar-refractivity contribution >= 4 is 5.69 Å². The van der Waals surface area contributed by atoms with Crippen LogP contribution in [0.15, 0.2) is 24.3 Å². The Labute approximate surface area is 111 Å². The molecule has 1 fully saturated rings. The molecule has 0 radical (unpaired) electrons. The summed E-state index contributed by atoms with van der Waals surface area (Å²) in [6.45, 7) is 10.2. The van der Waals surface area contributed by atoms with Crippen LogP contribution in [0, 0.1) is 0 Å². The molecule has 0 saturated carbocycles. The van der Waals surface area contributed by atoms with E-state index >= 15 is 0 Å². The molecule has 1 N–H and O–H groups in total. The number of piperidine rings is 1. The summed E-state index contributed by atoms with van der Waals surface area (Å²) in [5, 5.41) is 3.56. The summed E-state index contributed by atoms with van der Waals surface area (Å²) < 4.78 is 0. The largest absolute Gasteiger partial charge is 0.371 e. The van der Waals surface area contributed by atoms with Gasteiger partial charge in [-0.2, -0.15) is 0 Å². The highest BCUT2D eigenvalue weighted by molar-refractivity contribution is 5.49. The SMILES string of the molecule is CCNC1CCN(c2cccc(C(C)C)c2)CC1. The van der Waals surface area contributed by atoms with Crippen molar-refractivity contribution in [2.45, 2.75) is 45.6 Å². The Hall–Kier alpha value is -1.02. The molecule has 1 saturated heterocycles. The minimum atomic E-state index is 0.615. The number of hydrogen-bond acceptors (Lipinski definition) is 2. The third-order valence-electron chi connectivity index (χ3n) is 3.89. The van der Waals surface area contributed by atoms with Gasteiger partial charge in [-0.1, -0.05) is 32.9 Å². The average molecular weight is 246 g/mol. The monoisotopic (exact) mass is 246 g/mol. The van der Waals surface area contributed by atoms with E-state index in [0.29, 0.717) is 5.92 Å². The van der Waals surface area contributed by atoms with E-state index in [0.717, 1.165) is 12.6 Å². The Balaban J connectivity index is 1.98. The Bertz CT molecular complexity index is 365. The molecule has 0 aromatic heterocycles. The predicted octanol–water partition coefficient (Wildman–Crippen LogP) is 3.39. The van der Waals surface area contributed by atoms with Crippen LogP contribution in [-0.2, 0) is 0 Å². The minimum absolute atomic E-state index is 0.615. The van der Waals surface area contributed by atoms with E-state index in [9.17, 15) is 0 Å². The van der Waals surface area contributed by atoms with Crippen LogP contribution < -0.4 is 10.2 Å². The van der Waals surface area contributed by atoms with Crippen molar-refractivity contribution in [2.75, 3.05) is 24.5 Å². The summed E-state index contributed by atoms with van der Waals surface area (Å²) in [5.41, 5.74) is 2.84. The van der Waals surface area contributed by atoms with Gasteiger partial charge in [0.2, 0.25) is 0 Å². The highest BCUT2D eigenvalue weighted by Gasteiger charge is 2.18. The van der Waals surface area contributed by atoms with Gasteiger partial charge in [0.25, 0.3) is 0 Å². The summed E-state index contributed by atoms with van der Waals surface area (Å²) in [6, 6.07) is 9.76. The van der Waals surface area contributed by atoms with Crippen molar-refractivity contribution in [3.05, 3.63) is 29.8 Å². The lowest BCUT2D eigenvalue weighted by atomic mass is 10.0. The van der Waals surface area contributed by atoms with Gasteiger partial charge in [-0.05, 0) is 43.0 Å². The smallest absolute Gasteiger partial charge is 0.0369 e. The molecule has 18 heavy (non-hydrogen) atoms. The lowest BCUT2D eigenvalue weighted by molar-refractivity contribution is 0.424. The molecule has 1 aromatic carbocycles. The van der Waals surface area contributed by atoms with E-state index in [1.54, 1.807) is 0 Å². The standard InChI is InChI=1S/C16H26N2/c1-4-17-15-8-10-18(11-9-15)16-7-5-6-14(12-16)13(2)3/h5-7,12-13,15,17H,4,8-11H2,1-3H3. The van der Waals surface area contributed by atoms with E-state index in [1.807, 2.05) is 0 Å². The van der Waals surface area contributed by atoms with Crippen LogP contribution in [0.25, 0.3) is 0 Å².